The molecule has 8 aromatic carbocycles. The standard InChI is InChI=1S/C54H39N5/c1-36-35-50(37(2)34-43(36)53-56-51(38-20-6-3-7-21-38)55-52(57-53)39-22-8-4-9-23-39)58-48-32-18-14-28-44(48)54(40-24-10-5-11-25-40,45-29-15-19-33-49(45)58)59-46-30-16-12-26-41(46)42-27-13-17-31-47(42)59/h3-35H,1-2H3. The molecule has 0 N–H and O–H groups in total. The Bertz CT molecular complexity index is 3030. The summed E-state index contributed by atoms with van der Waals surface area (Å²) in [5, 5.41) is 2.48. The Morgan fingerprint density at radius 1 is 0.390 bits per heavy atom. The van der Waals surface area contributed by atoms with Crippen molar-refractivity contribution in [2.24, 2.45) is 0 Å². The molecule has 0 atom stereocenters. The monoisotopic (exact) mass is 757 g/mol. The van der Waals surface area contributed by atoms with Crippen LogP contribution in [0, 0.1) is 13.8 Å². The van der Waals surface area contributed by atoms with Gasteiger partial charge in [0.2, 0.25) is 0 Å². The zero-order valence-electron chi connectivity index (χ0n) is 32.8. The van der Waals surface area contributed by atoms with E-state index in [1.807, 2.05) is 36.4 Å². The van der Waals surface area contributed by atoms with Gasteiger partial charge in [-0.2, -0.15) is 0 Å². The molecule has 0 radical (unpaired) electrons. The molecule has 11 rings (SSSR count). The lowest BCUT2D eigenvalue weighted by molar-refractivity contribution is 0.544. The van der Waals surface area contributed by atoms with Gasteiger partial charge in [-0.15, -0.1) is 0 Å². The number of aryl methyl sites for hydroxylation is 2. The Labute approximate surface area is 343 Å². The van der Waals surface area contributed by atoms with E-state index in [1.165, 1.54) is 38.5 Å². The molecule has 280 valence electrons. The first kappa shape index (κ1) is 34.6. The minimum absolute atomic E-state index is 0.650. The molecule has 0 aliphatic carbocycles. The summed E-state index contributed by atoms with van der Waals surface area (Å²) in [7, 11) is 0. The third-order valence-electron chi connectivity index (χ3n) is 11.9. The topological polar surface area (TPSA) is 46.8 Å². The number of hydrogen-bond acceptors (Lipinski definition) is 4. The summed E-state index contributed by atoms with van der Waals surface area (Å²) in [6.07, 6.45) is 0. The van der Waals surface area contributed by atoms with E-state index in [9.17, 15) is 0 Å². The first-order chi connectivity index (χ1) is 29.1. The number of aromatic nitrogens is 4. The molecule has 0 amide bonds. The second kappa shape index (κ2) is 13.8. The van der Waals surface area contributed by atoms with Crippen LogP contribution in [0.15, 0.2) is 200 Å². The van der Waals surface area contributed by atoms with E-state index in [0.717, 1.165) is 44.9 Å². The summed E-state index contributed by atoms with van der Waals surface area (Å²) in [6, 6.07) is 71.5. The molecule has 0 saturated carbocycles. The number of rotatable bonds is 6. The smallest absolute Gasteiger partial charge is 0.164 e. The van der Waals surface area contributed by atoms with Crippen molar-refractivity contribution in [3.63, 3.8) is 0 Å². The second-order valence-electron chi connectivity index (χ2n) is 15.3. The van der Waals surface area contributed by atoms with Crippen LogP contribution in [-0.2, 0) is 5.54 Å². The summed E-state index contributed by atoms with van der Waals surface area (Å²) >= 11 is 0. The van der Waals surface area contributed by atoms with Crippen molar-refractivity contribution in [3.8, 4) is 34.2 Å². The van der Waals surface area contributed by atoms with E-state index in [4.69, 9.17) is 15.0 Å². The van der Waals surface area contributed by atoms with Gasteiger partial charge in [0.15, 0.2) is 17.5 Å². The first-order valence-corrected chi connectivity index (χ1v) is 20.1. The number of para-hydroxylation sites is 4. The molecule has 2 aromatic heterocycles. The fraction of sp³-hybridized carbons (Fsp3) is 0.0556. The molecule has 59 heavy (non-hydrogen) atoms. The maximum Gasteiger partial charge on any atom is 0.164 e. The summed E-state index contributed by atoms with van der Waals surface area (Å²) in [4.78, 5) is 17.6. The first-order valence-electron chi connectivity index (χ1n) is 20.1. The van der Waals surface area contributed by atoms with E-state index in [2.05, 4.69) is 187 Å². The van der Waals surface area contributed by atoms with E-state index in [-0.39, 0.29) is 0 Å². The van der Waals surface area contributed by atoms with Crippen molar-refractivity contribution in [3.05, 3.63) is 228 Å². The van der Waals surface area contributed by atoms with Gasteiger partial charge in [0.05, 0.1) is 22.4 Å². The number of anilines is 3. The van der Waals surface area contributed by atoms with Gasteiger partial charge in [-0.05, 0) is 66.9 Å². The molecule has 1 aliphatic heterocycles. The number of benzene rings is 8. The van der Waals surface area contributed by atoms with Crippen LogP contribution >= 0.6 is 0 Å². The highest BCUT2D eigenvalue weighted by molar-refractivity contribution is 6.09. The molecule has 5 nitrogen and oxygen atoms in total. The molecule has 0 spiro atoms. The number of fused-ring (bicyclic) bond motifs is 5. The van der Waals surface area contributed by atoms with E-state index in [0.29, 0.717) is 17.5 Å². The lowest BCUT2D eigenvalue weighted by atomic mass is 9.72. The quantitative estimate of drug-likeness (QED) is 0.169. The summed E-state index contributed by atoms with van der Waals surface area (Å²) < 4.78 is 2.60. The van der Waals surface area contributed by atoms with E-state index in [1.54, 1.807) is 0 Å². The maximum atomic E-state index is 5.11. The average molecular weight is 758 g/mol. The van der Waals surface area contributed by atoms with Gasteiger partial charge in [0.1, 0.15) is 5.54 Å². The highest BCUT2D eigenvalue weighted by Crippen LogP contribution is 2.57. The Morgan fingerprint density at radius 2 is 0.831 bits per heavy atom. The fourth-order valence-electron chi connectivity index (χ4n) is 9.34. The Morgan fingerprint density at radius 3 is 1.37 bits per heavy atom. The van der Waals surface area contributed by atoms with Crippen molar-refractivity contribution in [2.75, 3.05) is 4.90 Å². The average Bonchev–Trinajstić information content (AvgIpc) is 3.64. The van der Waals surface area contributed by atoms with Gasteiger partial charge < -0.3 is 9.47 Å². The Kier molecular flexibility index (Phi) is 8.09. The molecule has 0 bridgehead atoms. The third kappa shape index (κ3) is 5.35. The molecule has 10 aromatic rings. The van der Waals surface area contributed by atoms with Crippen LogP contribution in [0.1, 0.15) is 27.8 Å². The zero-order valence-corrected chi connectivity index (χ0v) is 32.8. The van der Waals surface area contributed by atoms with Crippen molar-refractivity contribution in [1.82, 2.24) is 19.5 Å². The van der Waals surface area contributed by atoms with Gasteiger partial charge in [-0.1, -0.05) is 164 Å². The highest BCUT2D eigenvalue weighted by Gasteiger charge is 2.48. The minimum Gasteiger partial charge on any atom is -0.322 e. The van der Waals surface area contributed by atoms with Crippen molar-refractivity contribution in [2.45, 2.75) is 19.4 Å². The largest absolute Gasteiger partial charge is 0.322 e. The van der Waals surface area contributed by atoms with Crippen LogP contribution in [0.5, 0.6) is 0 Å². The molecule has 5 heteroatoms. The summed E-state index contributed by atoms with van der Waals surface area (Å²) in [5.74, 6) is 1.95. The number of hydrogen-bond donors (Lipinski definition) is 0. The summed E-state index contributed by atoms with van der Waals surface area (Å²) in [5.41, 5.74) is 13.7. The predicted octanol–water partition coefficient (Wildman–Crippen LogP) is 13.2. The van der Waals surface area contributed by atoms with Crippen LogP contribution in [0.3, 0.4) is 0 Å². The normalized spacial score (nSPS) is 13.0. The molecule has 0 unspecified atom stereocenters. The number of nitrogens with zero attached hydrogens (tertiary/aromatic N) is 5. The van der Waals surface area contributed by atoms with Crippen LogP contribution in [0.25, 0.3) is 56.0 Å². The maximum absolute atomic E-state index is 5.11. The molecule has 0 fully saturated rings. The Balaban J connectivity index is 1.15. The summed E-state index contributed by atoms with van der Waals surface area (Å²) in [6.45, 7) is 4.37. The lowest BCUT2D eigenvalue weighted by Crippen LogP contribution is -2.42. The molecular formula is C54H39N5. The van der Waals surface area contributed by atoms with Crippen LogP contribution in [0.4, 0.5) is 17.1 Å². The van der Waals surface area contributed by atoms with Crippen LogP contribution in [0.2, 0.25) is 0 Å². The van der Waals surface area contributed by atoms with Gasteiger partial charge in [0.25, 0.3) is 0 Å². The van der Waals surface area contributed by atoms with Crippen molar-refractivity contribution < 1.29 is 0 Å². The van der Waals surface area contributed by atoms with Gasteiger partial charge in [-0.25, -0.2) is 15.0 Å². The third-order valence-corrected chi connectivity index (χ3v) is 11.9. The van der Waals surface area contributed by atoms with Gasteiger partial charge in [-0.3, -0.25) is 0 Å². The SMILES string of the molecule is Cc1cc(N2c3ccccc3C(c3ccccc3)(n3c4ccccc4c4ccccc43)c3ccccc32)c(C)cc1-c1nc(-c2ccccc2)nc(-c2ccccc2)n1. The zero-order chi connectivity index (χ0) is 39.5. The highest BCUT2D eigenvalue weighted by atomic mass is 15.2. The molecule has 0 saturated heterocycles. The van der Waals surface area contributed by atoms with Crippen molar-refractivity contribution in [1.29, 1.82) is 0 Å². The van der Waals surface area contributed by atoms with Crippen molar-refractivity contribution >= 4 is 38.9 Å². The van der Waals surface area contributed by atoms with E-state index < -0.39 is 5.54 Å². The fourth-order valence-corrected chi connectivity index (χ4v) is 9.34. The predicted molar refractivity (Wildman–Crippen MR) is 241 cm³/mol. The van der Waals surface area contributed by atoms with Gasteiger partial charge in [0, 0.05) is 44.3 Å². The van der Waals surface area contributed by atoms with E-state index >= 15 is 0 Å². The van der Waals surface area contributed by atoms with Gasteiger partial charge >= 0.3 is 0 Å². The second-order valence-corrected chi connectivity index (χ2v) is 15.3. The molecular weight excluding hydrogens is 719 g/mol. The molecule has 3 heterocycles. The minimum atomic E-state index is -0.705. The van der Waals surface area contributed by atoms with Crippen LogP contribution in [-0.4, -0.2) is 19.5 Å². The van der Waals surface area contributed by atoms with Crippen LogP contribution < -0.4 is 4.90 Å². The molecule has 1 aliphatic rings. The lowest BCUT2D eigenvalue weighted by Gasteiger charge is -2.47. The Hall–Kier alpha value is -7.63.